The lowest BCUT2D eigenvalue weighted by molar-refractivity contribution is -0.118. The third-order valence-electron chi connectivity index (χ3n) is 6.07. The van der Waals surface area contributed by atoms with Crippen molar-refractivity contribution < 1.29 is 19.4 Å². The first-order valence-corrected chi connectivity index (χ1v) is 11.7. The van der Waals surface area contributed by atoms with Crippen LogP contribution in [0.25, 0.3) is 21.3 Å². The Morgan fingerprint density at radius 2 is 2.03 bits per heavy atom. The van der Waals surface area contributed by atoms with Crippen LogP contribution in [0.2, 0.25) is 0 Å². The predicted molar refractivity (Wildman–Crippen MR) is 127 cm³/mol. The molecule has 1 saturated carbocycles. The molecule has 8 nitrogen and oxygen atoms in total. The summed E-state index contributed by atoms with van der Waals surface area (Å²) in [5, 5.41) is 14.2. The highest BCUT2D eigenvalue weighted by molar-refractivity contribution is 7.16. The van der Waals surface area contributed by atoms with E-state index >= 15 is 0 Å². The number of rotatable bonds is 5. The van der Waals surface area contributed by atoms with Crippen LogP contribution in [0, 0.1) is 0 Å². The van der Waals surface area contributed by atoms with E-state index in [0.717, 1.165) is 53.8 Å². The van der Waals surface area contributed by atoms with Crippen LogP contribution in [0.4, 0.5) is 0 Å². The summed E-state index contributed by atoms with van der Waals surface area (Å²) in [6, 6.07) is 5.75. The van der Waals surface area contributed by atoms with Crippen molar-refractivity contribution in [3.63, 3.8) is 0 Å². The van der Waals surface area contributed by atoms with Gasteiger partial charge in [-0.3, -0.25) is 9.59 Å². The van der Waals surface area contributed by atoms with Crippen LogP contribution in [0.5, 0.6) is 5.75 Å². The minimum absolute atomic E-state index is 0.156. The molecule has 0 bridgehead atoms. The number of hydrazone groups is 1. The van der Waals surface area contributed by atoms with Crippen molar-refractivity contribution in [3.05, 3.63) is 50.6 Å². The molecule has 33 heavy (non-hydrogen) atoms. The molecule has 2 heterocycles. The summed E-state index contributed by atoms with van der Waals surface area (Å²) in [6.07, 6.45) is 6.00. The van der Waals surface area contributed by atoms with Crippen molar-refractivity contribution >= 4 is 39.8 Å². The van der Waals surface area contributed by atoms with Gasteiger partial charge in [-0.1, -0.05) is 0 Å². The number of aromatic nitrogens is 1. The average molecular weight is 466 g/mol. The molecule has 0 spiro atoms. The van der Waals surface area contributed by atoms with Crippen LogP contribution in [0.15, 0.2) is 34.3 Å². The van der Waals surface area contributed by atoms with E-state index in [0.29, 0.717) is 16.7 Å². The number of amides is 1. The van der Waals surface area contributed by atoms with Crippen molar-refractivity contribution in [2.24, 2.45) is 5.10 Å². The van der Waals surface area contributed by atoms with Crippen LogP contribution in [0.3, 0.4) is 0 Å². The number of aromatic carboxylic acids is 1. The summed E-state index contributed by atoms with van der Waals surface area (Å²) >= 11 is 1.65. The molecule has 0 saturated heterocycles. The molecule has 0 aliphatic heterocycles. The van der Waals surface area contributed by atoms with Gasteiger partial charge in [-0.05, 0) is 50.3 Å². The molecule has 5 rings (SSSR count). The van der Waals surface area contributed by atoms with E-state index in [9.17, 15) is 19.5 Å². The summed E-state index contributed by atoms with van der Waals surface area (Å²) < 4.78 is 7.73. The minimum Gasteiger partial charge on any atom is -0.494 e. The lowest BCUT2D eigenvalue weighted by Gasteiger charge is -2.17. The second-order valence-electron chi connectivity index (χ2n) is 8.39. The first kappa shape index (κ1) is 21.4. The molecule has 0 atom stereocenters. The number of thiophene rings is 1. The highest BCUT2D eigenvalue weighted by Crippen LogP contribution is 2.45. The molecule has 2 N–H and O–H groups in total. The van der Waals surface area contributed by atoms with Gasteiger partial charge in [0.15, 0.2) is 5.75 Å². The van der Waals surface area contributed by atoms with Crippen molar-refractivity contribution in [2.45, 2.75) is 45.1 Å². The Balaban J connectivity index is 1.71. The summed E-state index contributed by atoms with van der Waals surface area (Å²) in [5.74, 6) is -0.872. The first-order chi connectivity index (χ1) is 15.9. The minimum atomic E-state index is -1.23. The Hall–Kier alpha value is -3.46. The maximum atomic E-state index is 12.9. The molecule has 1 aromatic carbocycles. The Morgan fingerprint density at radius 3 is 2.70 bits per heavy atom. The third kappa shape index (κ3) is 3.72. The Morgan fingerprint density at radius 1 is 1.24 bits per heavy atom. The molecule has 2 aliphatic rings. The number of ether oxygens (including phenoxy) is 1. The highest BCUT2D eigenvalue weighted by atomic mass is 32.1. The quantitative estimate of drug-likeness (QED) is 0.555. The first-order valence-electron chi connectivity index (χ1n) is 10.8. The van der Waals surface area contributed by atoms with Crippen LogP contribution < -0.4 is 15.6 Å². The van der Waals surface area contributed by atoms with Gasteiger partial charge in [-0.25, -0.2) is 10.2 Å². The SMILES string of the molecule is COc1c(-c2cc3c(s2)CCC/C3=N/NC(C)=O)ccc2c(=O)c(C(=O)O)cn(C3CC3)c12. The number of carboxylic acid groups (broad SMARTS) is 1. The molecule has 0 unspecified atom stereocenters. The summed E-state index contributed by atoms with van der Waals surface area (Å²) in [6.45, 7) is 1.43. The van der Waals surface area contributed by atoms with Crippen LogP contribution in [-0.4, -0.2) is 34.4 Å². The lowest BCUT2D eigenvalue weighted by Crippen LogP contribution is -2.19. The van der Waals surface area contributed by atoms with E-state index in [2.05, 4.69) is 16.6 Å². The van der Waals surface area contributed by atoms with Gasteiger partial charge in [-0.2, -0.15) is 5.10 Å². The molecule has 2 aromatic heterocycles. The number of nitrogens with one attached hydrogen (secondary N) is 1. The van der Waals surface area contributed by atoms with Crippen molar-refractivity contribution in [1.29, 1.82) is 0 Å². The van der Waals surface area contributed by atoms with Gasteiger partial charge in [0.2, 0.25) is 11.3 Å². The molecule has 0 radical (unpaired) electrons. The molecule has 1 amide bonds. The second kappa shape index (κ2) is 8.15. The number of carboxylic acids is 1. The number of pyridine rings is 1. The zero-order chi connectivity index (χ0) is 23.3. The van der Waals surface area contributed by atoms with E-state index in [1.165, 1.54) is 18.0 Å². The molecule has 170 valence electrons. The normalized spacial score (nSPS) is 16.6. The third-order valence-corrected chi connectivity index (χ3v) is 7.30. The topological polar surface area (TPSA) is 110 Å². The maximum absolute atomic E-state index is 12.9. The second-order valence-corrected chi connectivity index (χ2v) is 9.52. The lowest BCUT2D eigenvalue weighted by atomic mass is 9.96. The van der Waals surface area contributed by atoms with Gasteiger partial charge in [0.05, 0.1) is 23.7 Å². The molecular formula is C24H23N3O5S. The zero-order valence-electron chi connectivity index (χ0n) is 18.3. The highest BCUT2D eigenvalue weighted by Gasteiger charge is 2.30. The van der Waals surface area contributed by atoms with Gasteiger partial charge in [0.25, 0.3) is 0 Å². The summed E-state index contributed by atoms with van der Waals surface area (Å²) in [4.78, 5) is 38.1. The molecule has 1 fully saturated rings. The molecule has 3 aromatic rings. The fourth-order valence-electron chi connectivity index (χ4n) is 4.42. The number of hydrogen-bond acceptors (Lipinski definition) is 6. The van der Waals surface area contributed by atoms with E-state index in [-0.39, 0.29) is 17.5 Å². The number of benzene rings is 1. The van der Waals surface area contributed by atoms with Crippen LogP contribution >= 0.6 is 11.3 Å². The summed E-state index contributed by atoms with van der Waals surface area (Å²) in [5.41, 5.74) is 5.17. The van der Waals surface area contributed by atoms with E-state index in [1.807, 2.05) is 10.6 Å². The monoisotopic (exact) mass is 465 g/mol. The van der Waals surface area contributed by atoms with Gasteiger partial charge in [0.1, 0.15) is 5.56 Å². The number of fused-ring (bicyclic) bond motifs is 2. The number of hydrogen-bond donors (Lipinski definition) is 2. The van der Waals surface area contributed by atoms with E-state index in [1.54, 1.807) is 24.5 Å². The Kier molecular flexibility index (Phi) is 5.28. The largest absolute Gasteiger partial charge is 0.494 e. The summed E-state index contributed by atoms with van der Waals surface area (Å²) in [7, 11) is 1.57. The van der Waals surface area contributed by atoms with Gasteiger partial charge >= 0.3 is 5.97 Å². The molecule has 2 aliphatic carbocycles. The number of aryl methyl sites for hydroxylation is 1. The molecular weight excluding hydrogens is 442 g/mol. The molecule has 9 heteroatoms. The maximum Gasteiger partial charge on any atom is 0.341 e. The Bertz CT molecular complexity index is 1400. The average Bonchev–Trinajstić information content (AvgIpc) is 3.54. The fourth-order valence-corrected chi connectivity index (χ4v) is 5.66. The Labute approximate surface area is 193 Å². The fraction of sp³-hybridized carbons (Fsp3) is 0.333. The number of carbonyl (C=O) groups excluding carboxylic acids is 1. The van der Waals surface area contributed by atoms with Gasteiger partial charge in [-0.15, -0.1) is 11.3 Å². The van der Waals surface area contributed by atoms with Crippen molar-refractivity contribution in [3.8, 4) is 16.2 Å². The number of methoxy groups -OCH3 is 1. The van der Waals surface area contributed by atoms with Crippen LogP contribution in [-0.2, 0) is 11.2 Å². The zero-order valence-corrected chi connectivity index (χ0v) is 19.1. The van der Waals surface area contributed by atoms with Crippen LogP contribution in [0.1, 0.15) is 59.4 Å². The van der Waals surface area contributed by atoms with Gasteiger partial charge < -0.3 is 14.4 Å². The van der Waals surface area contributed by atoms with Crippen molar-refractivity contribution in [1.82, 2.24) is 9.99 Å². The van der Waals surface area contributed by atoms with E-state index in [4.69, 9.17) is 4.74 Å². The number of nitrogens with zero attached hydrogens (tertiary/aromatic N) is 2. The smallest absolute Gasteiger partial charge is 0.341 e. The predicted octanol–water partition coefficient (Wildman–Crippen LogP) is 3.95. The van der Waals surface area contributed by atoms with E-state index < -0.39 is 11.4 Å². The van der Waals surface area contributed by atoms with Crippen molar-refractivity contribution in [2.75, 3.05) is 7.11 Å². The van der Waals surface area contributed by atoms with Gasteiger partial charge in [0, 0.05) is 40.0 Å². The standard InChI is InChI=1S/C24H23N3O5S/c1-12(28)25-26-18-4-3-5-19-16(18)10-20(33-19)14-8-9-15-21(23(14)32-2)27(13-6-7-13)11-17(22(15)29)24(30)31/h8-11,13H,3-7H2,1-2H3,(H,25,28)(H,30,31)/b26-18-. The number of carbonyl (C=O) groups is 2.